The van der Waals surface area contributed by atoms with Crippen LogP contribution in [0.1, 0.15) is 19.8 Å². The lowest BCUT2D eigenvalue weighted by Crippen LogP contribution is -2.21. The molecule has 0 aliphatic heterocycles. The normalized spacial score (nSPS) is 10.1. The first kappa shape index (κ1) is 21.7. The highest BCUT2D eigenvalue weighted by Gasteiger charge is 2.10. The van der Waals surface area contributed by atoms with Crippen molar-refractivity contribution in [3.63, 3.8) is 0 Å². The number of esters is 1. The number of benzene rings is 2. The summed E-state index contributed by atoms with van der Waals surface area (Å²) in [7, 11) is 0. The van der Waals surface area contributed by atoms with Crippen molar-refractivity contribution >= 4 is 23.3 Å². The molecule has 0 radical (unpaired) electrons. The van der Waals surface area contributed by atoms with Gasteiger partial charge in [-0.05, 0) is 37.6 Å². The van der Waals surface area contributed by atoms with Crippen molar-refractivity contribution in [2.24, 2.45) is 0 Å². The van der Waals surface area contributed by atoms with Crippen LogP contribution in [0.3, 0.4) is 0 Å². The molecule has 0 bridgehead atoms. The van der Waals surface area contributed by atoms with Crippen molar-refractivity contribution in [1.82, 2.24) is 0 Å². The molecule has 0 aromatic heterocycles. The monoisotopic (exact) mass is 402 g/mol. The van der Waals surface area contributed by atoms with Crippen LogP contribution in [0.15, 0.2) is 48.5 Å². The van der Waals surface area contributed by atoms with Crippen LogP contribution in [0, 0.1) is 10.1 Å². The van der Waals surface area contributed by atoms with Crippen molar-refractivity contribution in [2.45, 2.75) is 19.8 Å². The predicted octanol–water partition coefficient (Wildman–Crippen LogP) is 3.33. The maximum absolute atomic E-state index is 11.8. The summed E-state index contributed by atoms with van der Waals surface area (Å²) in [5.74, 6) is 0.185. The van der Waals surface area contributed by atoms with Crippen LogP contribution < -0.4 is 14.8 Å². The lowest BCUT2D eigenvalue weighted by Gasteiger charge is -2.11. The number of hydrogen-bond donors (Lipinski definition) is 1. The lowest BCUT2D eigenvalue weighted by molar-refractivity contribution is -0.384. The first-order valence-electron chi connectivity index (χ1n) is 9.04. The van der Waals surface area contributed by atoms with Gasteiger partial charge in [0.25, 0.3) is 11.6 Å². The summed E-state index contributed by atoms with van der Waals surface area (Å²) in [4.78, 5) is 33.6. The van der Waals surface area contributed by atoms with Crippen molar-refractivity contribution < 1.29 is 28.7 Å². The summed E-state index contributed by atoms with van der Waals surface area (Å²) in [6.07, 6.45) is 0.519. The van der Waals surface area contributed by atoms with Crippen molar-refractivity contribution in [2.75, 3.05) is 25.1 Å². The second-order valence-corrected chi connectivity index (χ2v) is 5.84. The number of nitrogens with one attached hydrogen (secondary N) is 1. The van der Waals surface area contributed by atoms with Gasteiger partial charge in [-0.15, -0.1) is 0 Å². The molecule has 9 heteroatoms. The first-order valence-corrected chi connectivity index (χ1v) is 9.04. The summed E-state index contributed by atoms with van der Waals surface area (Å²) in [6.45, 7) is 2.26. The van der Waals surface area contributed by atoms with Crippen LogP contribution in [0.5, 0.6) is 11.5 Å². The van der Waals surface area contributed by atoms with Gasteiger partial charge in [-0.2, -0.15) is 0 Å². The Labute approximate surface area is 167 Å². The Morgan fingerprint density at radius 1 is 1.03 bits per heavy atom. The van der Waals surface area contributed by atoms with E-state index in [4.69, 9.17) is 14.2 Å². The van der Waals surface area contributed by atoms with E-state index in [0.29, 0.717) is 36.8 Å². The van der Waals surface area contributed by atoms with E-state index in [1.54, 1.807) is 12.1 Å². The number of para-hydroxylation sites is 2. The molecular weight excluding hydrogens is 380 g/mol. The Morgan fingerprint density at radius 3 is 2.31 bits per heavy atom. The summed E-state index contributed by atoms with van der Waals surface area (Å²) >= 11 is 0. The van der Waals surface area contributed by atoms with Gasteiger partial charge >= 0.3 is 5.97 Å². The van der Waals surface area contributed by atoms with E-state index in [0.717, 1.165) is 0 Å². The van der Waals surface area contributed by atoms with E-state index in [2.05, 4.69) is 5.32 Å². The number of non-ortho nitro benzene ring substituents is 1. The van der Waals surface area contributed by atoms with Crippen molar-refractivity contribution in [3.8, 4) is 11.5 Å². The number of ether oxygens (including phenoxy) is 3. The molecule has 154 valence electrons. The minimum Gasteiger partial charge on any atom is -0.490 e. The number of carbonyl (C=O) groups is 2. The van der Waals surface area contributed by atoms with Crippen LogP contribution in [-0.2, 0) is 14.3 Å². The van der Waals surface area contributed by atoms with Crippen LogP contribution in [0.4, 0.5) is 11.4 Å². The zero-order valence-corrected chi connectivity index (χ0v) is 16.0. The smallest absolute Gasteiger partial charge is 0.306 e. The minimum atomic E-state index is -0.535. The van der Waals surface area contributed by atoms with Crippen LogP contribution in [0.25, 0.3) is 0 Å². The van der Waals surface area contributed by atoms with Crippen LogP contribution >= 0.6 is 0 Å². The van der Waals surface area contributed by atoms with E-state index in [1.807, 2.05) is 19.1 Å². The Balaban J connectivity index is 1.65. The highest BCUT2D eigenvalue weighted by molar-refractivity contribution is 5.92. The topological polar surface area (TPSA) is 117 Å². The molecule has 2 aromatic rings. The molecule has 0 spiro atoms. The number of carbonyl (C=O) groups excluding carboxylic acids is 2. The van der Waals surface area contributed by atoms with E-state index in [9.17, 15) is 19.7 Å². The third-order valence-electron chi connectivity index (χ3n) is 3.66. The Hall–Kier alpha value is -3.62. The Morgan fingerprint density at radius 2 is 1.69 bits per heavy atom. The van der Waals surface area contributed by atoms with Gasteiger partial charge in [-0.1, -0.05) is 12.1 Å². The molecule has 0 unspecified atom stereocenters. The highest BCUT2D eigenvalue weighted by atomic mass is 16.6. The fourth-order valence-corrected chi connectivity index (χ4v) is 2.32. The molecule has 0 fully saturated rings. The molecule has 29 heavy (non-hydrogen) atoms. The number of amides is 1. The molecule has 0 atom stereocenters. The van der Waals surface area contributed by atoms with Crippen molar-refractivity contribution in [1.29, 1.82) is 0 Å². The van der Waals surface area contributed by atoms with Gasteiger partial charge in [0.05, 0.1) is 18.1 Å². The number of rotatable bonds is 11. The molecular formula is C20H22N2O7. The molecule has 0 saturated heterocycles. The Bertz CT molecular complexity index is 837. The predicted molar refractivity (Wildman–Crippen MR) is 105 cm³/mol. The second-order valence-electron chi connectivity index (χ2n) is 5.84. The molecule has 2 aromatic carbocycles. The third-order valence-corrected chi connectivity index (χ3v) is 3.66. The zero-order chi connectivity index (χ0) is 21.1. The molecule has 1 amide bonds. The minimum absolute atomic E-state index is 0.0828. The fraction of sp³-hybridized carbons (Fsp3) is 0.300. The highest BCUT2D eigenvalue weighted by Crippen LogP contribution is 2.26. The number of nitrogens with zero attached hydrogens (tertiary/aromatic N) is 1. The first-order chi connectivity index (χ1) is 14.0. The third kappa shape index (κ3) is 7.49. The standard InChI is InChI=1S/C20H22N2O7/c1-2-27-17-6-3-4-7-18(17)28-13-5-8-20(24)29-14-19(23)21-15-9-11-16(12-10-15)22(25)26/h3-4,6-7,9-12H,2,5,8,13-14H2,1H3,(H,21,23). The number of anilines is 1. The molecule has 0 saturated carbocycles. The maximum Gasteiger partial charge on any atom is 0.306 e. The number of nitro groups is 1. The van der Waals surface area contributed by atoms with Crippen LogP contribution in [0.2, 0.25) is 0 Å². The van der Waals surface area contributed by atoms with Gasteiger partial charge in [0, 0.05) is 24.2 Å². The summed E-state index contributed by atoms with van der Waals surface area (Å²) in [6, 6.07) is 12.6. The summed E-state index contributed by atoms with van der Waals surface area (Å²) in [5, 5.41) is 13.1. The molecule has 0 heterocycles. The second kappa shape index (κ2) is 11.3. The van der Waals surface area contributed by atoms with Gasteiger partial charge in [-0.25, -0.2) is 0 Å². The van der Waals surface area contributed by atoms with Gasteiger partial charge in [0.2, 0.25) is 0 Å². The molecule has 0 aliphatic carbocycles. The molecule has 2 rings (SSSR count). The molecule has 0 aliphatic rings. The average molecular weight is 402 g/mol. The fourth-order valence-electron chi connectivity index (χ4n) is 2.32. The summed E-state index contributed by atoms with van der Waals surface area (Å²) < 4.78 is 16.0. The van der Waals surface area contributed by atoms with Crippen molar-refractivity contribution in [3.05, 3.63) is 58.6 Å². The maximum atomic E-state index is 11.8. The van der Waals surface area contributed by atoms with Gasteiger partial charge in [-0.3, -0.25) is 19.7 Å². The number of nitro benzene ring substituents is 1. The molecule has 1 N–H and O–H groups in total. The van der Waals surface area contributed by atoms with E-state index in [-0.39, 0.29) is 12.1 Å². The average Bonchev–Trinajstić information content (AvgIpc) is 2.71. The molecule has 9 nitrogen and oxygen atoms in total. The SMILES string of the molecule is CCOc1ccccc1OCCCC(=O)OCC(=O)Nc1ccc([N+](=O)[O-])cc1. The van der Waals surface area contributed by atoms with Gasteiger partial charge in [0.15, 0.2) is 18.1 Å². The van der Waals surface area contributed by atoms with E-state index >= 15 is 0 Å². The quantitative estimate of drug-likeness (QED) is 0.265. The summed E-state index contributed by atoms with van der Waals surface area (Å²) in [5.41, 5.74) is 0.290. The largest absolute Gasteiger partial charge is 0.490 e. The van der Waals surface area contributed by atoms with E-state index < -0.39 is 23.4 Å². The van der Waals surface area contributed by atoms with Gasteiger partial charge < -0.3 is 19.5 Å². The Kier molecular flexibility index (Phi) is 8.43. The van der Waals surface area contributed by atoms with Crippen LogP contribution in [-0.4, -0.2) is 36.6 Å². The zero-order valence-electron chi connectivity index (χ0n) is 16.0. The number of hydrogen-bond acceptors (Lipinski definition) is 7. The lowest BCUT2D eigenvalue weighted by atomic mass is 10.3. The van der Waals surface area contributed by atoms with E-state index in [1.165, 1.54) is 24.3 Å². The van der Waals surface area contributed by atoms with Gasteiger partial charge in [0.1, 0.15) is 0 Å².